The van der Waals surface area contributed by atoms with Crippen molar-refractivity contribution >= 4 is 0 Å². The van der Waals surface area contributed by atoms with Crippen LogP contribution in [-0.4, -0.2) is 6.61 Å². The largest absolute Gasteiger partial charge is 0.494 e. The van der Waals surface area contributed by atoms with Gasteiger partial charge in [0.25, 0.3) is 0 Å². The summed E-state index contributed by atoms with van der Waals surface area (Å²) in [7, 11) is 0. The first kappa shape index (κ1) is 7.66. The van der Waals surface area contributed by atoms with Crippen LogP contribution in [0.15, 0.2) is 18.2 Å². The van der Waals surface area contributed by atoms with Gasteiger partial charge in [0.05, 0.1) is 6.61 Å². The Bertz CT molecular complexity index is 278. The van der Waals surface area contributed by atoms with E-state index in [9.17, 15) is 0 Å². The highest BCUT2D eigenvalue weighted by Gasteiger charge is 2.10. The quantitative estimate of drug-likeness (QED) is 0.647. The molecule has 0 N–H and O–H groups in total. The molecule has 12 heavy (non-hydrogen) atoms. The number of ether oxygens (including phenoxy) is 1. The summed E-state index contributed by atoms with van der Waals surface area (Å²) in [5.74, 6) is 0.995. The van der Waals surface area contributed by atoms with E-state index in [4.69, 9.17) is 4.74 Å². The second-order valence-electron chi connectivity index (χ2n) is 3.04. The molecule has 63 valence electrons. The summed E-state index contributed by atoms with van der Waals surface area (Å²) in [5, 5.41) is 0. The van der Waals surface area contributed by atoms with E-state index in [0.717, 1.165) is 12.4 Å². The molecule has 1 aliphatic rings. The number of aryl methyl sites for hydroxylation is 1. The molecule has 0 atom stereocenters. The Morgan fingerprint density at radius 2 is 2.33 bits per heavy atom. The highest BCUT2D eigenvalue weighted by atomic mass is 16.5. The van der Waals surface area contributed by atoms with Crippen molar-refractivity contribution in [1.82, 2.24) is 0 Å². The van der Waals surface area contributed by atoms with Gasteiger partial charge < -0.3 is 4.74 Å². The molecule has 0 saturated heterocycles. The molecule has 1 aromatic rings. The van der Waals surface area contributed by atoms with E-state index in [1.54, 1.807) is 0 Å². The lowest BCUT2D eigenvalue weighted by atomic mass is 10.1. The Hall–Kier alpha value is -0.980. The van der Waals surface area contributed by atoms with Gasteiger partial charge in [0.1, 0.15) is 5.75 Å². The zero-order valence-electron chi connectivity index (χ0n) is 7.34. The van der Waals surface area contributed by atoms with Gasteiger partial charge in [0.2, 0.25) is 0 Å². The van der Waals surface area contributed by atoms with Crippen molar-refractivity contribution in [2.24, 2.45) is 0 Å². The van der Waals surface area contributed by atoms with Gasteiger partial charge in [-0.3, -0.25) is 0 Å². The van der Waals surface area contributed by atoms with Crippen molar-refractivity contribution in [2.75, 3.05) is 6.61 Å². The van der Waals surface area contributed by atoms with Crippen molar-refractivity contribution < 1.29 is 4.74 Å². The lowest BCUT2D eigenvalue weighted by Crippen LogP contribution is -1.92. The predicted octanol–water partition coefficient (Wildman–Crippen LogP) is 2.58. The summed E-state index contributed by atoms with van der Waals surface area (Å²) in [6.45, 7) is 2.76. The SMILES string of the molecule is CCOc1ccc2c(c1)[CH]CC2. The molecule has 0 aliphatic heterocycles. The summed E-state index contributed by atoms with van der Waals surface area (Å²) >= 11 is 0. The molecule has 1 heteroatoms. The molecule has 1 nitrogen and oxygen atoms in total. The molecule has 0 fully saturated rings. The van der Waals surface area contributed by atoms with Crippen LogP contribution in [0.3, 0.4) is 0 Å². The van der Waals surface area contributed by atoms with Gasteiger partial charge in [-0.25, -0.2) is 0 Å². The minimum Gasteiger partial charge on any atom is -0.494 e. The fourth-order valence-electron chi connectivity index (χ4n) is 1.63. The van der Waals surface area contributed by atoms with Crippen LogP contribution in [0.4, 0.5) is 0 Å². The normalized spacial score (nSPS) is 14.4. The zero-order chi connectivity index (χ0) is 8.39. The minimum atomic E-state index is 0.749. The Kier molecular flexibility index (Phi) is 2.03. The third-order valence-electron chi connectivity index (χ3n) is 2.21. The van der Waals surface area contributed by atoms with Crippen molar-refractivity contribution in [2.45, 2.75) is 19.8 Å². The maximum Gasteiger partial charge on any atom is 0.119 e. The Balaban J connectivity index is 2.26. The maximum atomic E-state index is 5.41. The molecule has 0 heterocycles. The molecule has 0 unspecified atom stereocenters. The highest BCUT2D eigenvalue weighted by molar-refractivity contribution is 5.43. The summed E-state index contributed by atoms with van der Waals surface area (Å²) in [4.78, 5) is 0. The average molecular weight is 161 g/mol. The number of hydrogen-bond donors (Lipinski definition) is 0. The Morgan fingerprint density at radius 3 is 3.17 bits per heavy atom. The third kappa shape index (κ3) is 1.31. The minimum absolute atomic E-state index is 0.749. The average Bonchev–Trinajstić information content (AvgIpc) is 2.51. The van der Waals surface area contributed by atoms with Crippen LogP contribution in [0.5, 0.6) is 5.75 Å². The topological polar surface area (TPSA) is 9.23 Å². The molecule has 1 aromatic carbocycles. The third-order valence-corrected chi connectivity index (χ3v) is 2.21. The van der Waals surface area contributed by atoms with E-state index >= 15 is 0 Å². The van der Waals surface area contributed by atoms with Crippen molar-refractivity contribution in [1.29, 1.82) is 0 Å². The zero-order valence-corrected chi connectivity index (χ0v) is 7.34. The summed E-state index contributed by atoms with van der Waals surface area (Å²) in [6.07, 6.45) is 4.66. The molecule has 0 spiro atoms. The molecule has 0 aromatic heterocycles. The smallest absolute Gasteiger partial charge is 0.119 e. The summed E-state index contributed by atoms with van der Waals surface area (Å²) in [6, 6.07) is 6.36. The molecular formula is C11H13O. The van der Waals surface area contributed by atoms with Crippen molar-refractivity contribution in [3.63, 3.8) is 0 Å². The number of hydrogen-bond acceptors (Lipinski definition) is 1. The molecule has 1 radical (unpaired) electrons. The van der Waals surface area contributed by atoms with Crippen LogP contribution in [0, 0.1) is 6.42 Å². The fourth-order valence-corrected chi connectivity index (χ4v) is 1.63. The van der Waals surface area contributed by atoms with Crippen LogP contribution in [0.1, 0.15) is 24.5 Å². The summed E-state index contributed by atoms with van der Waals surface area (Å²) < 4.78 is 5.41. The molecule has 0 bridgehead atoms. The van der Waals surface area contributed by atoms with Crippen LogP contribution < -0.4 is 4.74 Å². The van der Waals surface area contributed by atoms with E-state index in [-0.39, 0.29) is 0 Å². The number of rotatable bonds is 2. The molecular weight excluding hydrogens is 148 g/mol. The number of benzene rings is 1. The van der Waals surface area contributed by atoms with Crippen LogP contribution >= 0.6 is 0 Å². The van der Waals surface area contributed by atoms with Gasteiger partial charge in [0.15, 0.2) is 0 Å². The molecule has 0 saturated carbocycles. The van der Waals surface area contributed by atoms with Gasteiger partial charge >= 0.3 is 0 Å². The second kappa shape index (κ2) is 3.18. The number of fused-ring (bicyclic) bond motifs is 1. The van der Waals surface area contributed by atoms with E-state index in [2.05, 4.69) is 24.6 Å². The summed E-state index contributed by atoms with van der Waals surface area (Å²) in [5.41, 5.74) is 2.82. The van der Waals surface area contributed by atoms with E-state index in [0.29, 0.717) is 0 Å². The molecule has 1 aliphatic carbocycles. The Labute approximate surface area is 73.4 Å². The van der Waals surface area contributed by atoms with Gasteiger partial charge in [-0.05, 0) is 49.4 Å². The van der Waals surface area contributed by atoms with Gasteiger partial charge in [-0.2, -0.15) is 0 Å². The lowest BCUT2D eigenvalue weighted by Gasteiger charge is -2.04. The van der Waals surface area contributed by atoms with Gasteiger partial charge in [-0.1, -0.05) is 6.07 Å². The monoisotopic (exact) mass is 161 g/mol. The Morgan fingerprint density at radius 1 is 1.42 bits per heavy atom. The maximum absolute atomic E-state index is 5.41. The predicted molar refractivity (Wildman–Crippen MR) is 49.3 cm³/mol. The van der Waals surface area contributed by atoms with E-state index in [1.165, 1.54) is 24.0 Å². The van der Waals surface area contributed by atoms with Crippen molar-refractivity contribution in [3.05, 3.63) is 35.7 Å². The molecule has 0 amide bonds. The van der Waals surface area contributed by atoms with Crippen LogP contribution in [0.25, 0.3) is 0 Å². The van der Waals surface area contributed by atoms with Gasteiger partial charge in [0, 0.05) is 0 Å². The van der Waals surface area contributed by atoms with Crippen LogP contribution in [0.2, 0.25) is 0 Å². The standard InChI is InChI=1S/C11H13O/c1-2-12-11-7-6-9-4-3-5-10(9)8-11/h5-8H,2-4H2,1H3. The van der Waals surface area contributed by atoms with E-state index in [1.807, 2.05) is 6.92 Å². The van der Waals surface area contributed by atoms with Gasteiger partial charge in [-0.15, -0.1) is 0 Å². The highest BCUT2D eigenvalue weighted by Crippen LogP contribution is 2.27. The first-order valence-electron chi connectivity index (χ1n) is 4.49. The van der Waals surface area contributed by atoms with Crippen molar-refractivity contribution in [3.8, 4) is 5.75 Å². The second-order valence-corrected chi connectivity index (χ2v) is 3.04. The molecule has 2 rings (SSSR count). The first-order chi connectivity index (χ1) is 5.90. The first-order valence-corrected chi connectivity index (χ1v) is 4.49. The van der Waals surface area contributed by atoms with Crippen LogP contribution in [-0.2, 0) is 6.42 Å². The lowest BCUT2D eigenvalue weighted by molar-refractivity contribution is 0.340. The fraction of sp³-hybridized carbons (Fsp3) is 0.364. The van der Waals surface area contributed by atoms with E-state index < -0.39 is 0 Å².